The van der Waals surface area contributed by atoms with Crippen molar-refractivity contribution < 1.29 is 19.1 Å². The second-order valence-electron chi connectivity index (χ2n) is 5.18. The molecule has 2 amide bonds. The first-order chi connectivity index (χ1) is 10.8. The molecule has 1 aliphatic rings. The SMILES string of the molecule is CN(Cc1cc(Cl)cc(Cl)c1)C(=O)C1=C(O)C(=O)N(CCF)C1. The predicted molar refractivity (Wildman–Crippen MR) is 85.1 cm³/mol. The lowest BCUT2D eigenvalue weighted by Gasteiger charge is -2.19. The molecule has 2 rings (SSSR count). The third kappa shape index (κ3) is 3.95. The van der Waals surface area contributed by atoms with E-state index in [2.05, 4.69) is 0 Å². The Bertz CT molecular complexity index is 658. The van der Waals surface area contributed by atoms with Crippen LogP contribution in [0.3, 0.4) is 0 Å². The van der Waals surface area contributed by atoms with Gasteiger partial charge in [0.25, 0.3) is 11.8 Å². The summed E-state index contributed by atoms with van der Waals surface area (Å²) in [6.45, 7) is -0.800. The number of hydrogen-bond donors (Lipinski definition) is 1. The molecule has 0 atom stereocenters. The van der Waals surface area contributed by atoms with Crippen molar-refractivity contribution >= 4 is 35.0 Å². The highest BCUT2D eigenvalue weighted by molar-refractivity contribution is 6.34. The Labute approximate surface area is 142 Å². The Morgan fingerprint density at radius 1 is 1.35 bits per heavy atom. The van der Waals surface area contributed by atoms with Crippen molar-refractivity contribution in [2.45, 2.75) is 6.54 Å². The molecule has 1 aromatic carbocycles. The van der Waals surface area contributed by atoms with Gasteiger partial charge in [-0.05, 0) is 23.8 Å². The zero-order chi connectivity index (χ0) is 17.1. The zero-order valence-corrected chi connectivity index (χ0v) is 13.9. The van der Waals surface area contributed by atoms with Crippen LogP contribution in [0.15, 0.2) is 29.5 Å². The van der Waals surface area contributed by atoms with Crippen LogP contribution in [0, 0.1) is 0 Å². The Kier molecular flexibility index (Phi) is 5.49. The first kappa shape index (κ1) is 17.6. The number of halogens is 3. The molecule has 124 valence electrons. The molecule has 0 aromatic heterocycles. The van der Waals surface area contributed by atoms with Crippen molar-refractivity contribution in [2.75, 3.05) is 26.8 Å². The molecule has 23 heavy (non-hydrogen) atoms. The van der Waals surface area contributed by atoms with Gasteiger partial charge in [0.15, 0.2) is 5.76 Å². The smallest absolute Gasteiger partial charge is 0.289 e. The van der Waals surface area contributed by atoms with E-state index >= 15 is 0 Å². The number of likely N-dealkylation sites (N-methyl/N-ethyl adjacent to an activating group) is 1. The second-order valence-corrected chi connectivity index (χ2v) is 6.05. The number of carbonyl (C=O) groups is 2. The normalized spacial score (nSPS) is 14.6. The van der Waals surface area contributed by atoms with Crippen molar-refractivity contribution in [1.82, 2.24) is 9.80 Å². The van der Waals surface area contributed by atoms with E-state index in [4.69, 9.17) is 23.2 Å². The molecule has 0 radical (unpaired) electrons. The fourth-order valence-electron chi connectivity index (χ4n) is 2.35. The highest BCUT2D eigenvalue weighted by Gasteiger charge is 2.34. The Balaban J connectivity index is 2.12. The molecule has 1 aromatic rings. The minimum absolute atomic E-state index is 0.0425. The molecule has 8 heteroatoms. The maximum absolute atomic E-state index is 12.4. The summed E-state index contributed by atoms with van der Waals surface area (Å²) in [6, 6.07) is 4.91. The maximum Gasteiger partial charge on any atom is 0.289 e. The van der Waals surface area contributed by atoms with Gasteiger partial charge in [0, 0.05) is 30.2 Å². The lowest BCUT2D eigenvalue weighted by atomic mass is 10.2. The Morgan fingerprint density at radius 2 is 1.96 bits per heavy atom. The van der Waals surface area contributed by atoms with Crippen molar-refractivity contribution in [1.29, 1.82) is 0 Å². The molecule has 0 aliphatic carbocycles. The molecular formula is C15H15Cl2FN2O3. The summed E-state index contributed by atoms with van der Waals surface area (Å²) in [5.41, 5.74) is 0.669. The fourth-order valence-corrected chi connectivity index (χ4v) is 2.92. The second kappa shape index (κ2) is 7.19. The van der Waals surface area contributed by atoms with Gasteiger partial charge in [0.1, 0.15) is 6.67 Å². The third-order valence-corrected chi connectivity index (χ3v) is 3.86. The average molecular weight is 361 g/mol. The molecule has 0 spiro atoms. The molecule has 1 aliphatic heterocycles. The minimum Gasteiger partial charge on any atom is -0.503 e. The molecule has 1 heterocycles. The van der Waals surface area contributed by atoms with Crippen LogP contribution in [0.4, 0.5) is 4.39 Å². The monoisotopic (exact) mass is 360 g/mol. The van der Waals surface area contributed by atoms with Crippen LogP contribution in [0.2, 0.25) is 10.0 Å². The van der Waals surface area contributed by atoms with E-state index in [1.165, 1.54) is 11.9 Å². The van der Waals surface area contributed by atoms with E-state index < -0.39 is 24.2 Å². The fraction of sp³-hybridized carbons (Fsp3) is 0.333. The van der Waals surface area contributed by atoms with Crippen LogP contribution in [0.5, 0.6) is 0 Å². The molecule has 0 saturated heterocycles. The maximum atomic E-state index is 12.4. The zero-order valence-electron chi connectivity index (χ0n) is 12.4. The molecule has 0 fully saturated rings. The van der Waals surface area contributed by atoms with Crippen molar-refractivity contribution in [3.05, 3.63) is 45.1 Å². The summed E-state index contributed by atoms with van der Waals surface area (Å²) in [5, 5.41) is 10.7. The van der Waals surface area contributed by atoms with E-state index in [9.17, 15) is 19.1 Å². The van der Waals surface area contributed by atoms with Gasteiger partial charge in [0.05, 0.1) is 12.1 Å². The van der Waals surface area contributed by atoms with E-state index in [0.29, 0.717) is 15.6 Å². The first-order valence-corrected chi connectivity index (χ1v) is 7.57. The van der Waals surface area contributed by atoms with Gasteiger partial charge in [-0.25, -0.2) is 4.39 Å². The quantitative estimate of drug-likeness (QED) is 0.877. The molecule has 0 saturated carbocycles. The number of carbonyl (C=O) groups excluding carboxylic acids is 2. The molecule has 5 nitrogen and oxygen atoms in total. The topological polar surface area (TPSA) is 60.9 Å². The summed E-state index contributed by atoms with van der Waals surface area (Å²) in [6.07, 6.45) is 0. The van der Waals surface area contributed by atoms with E-state index in [0.717, 1.165) is 4.90 Å². The number of amides is 2. The summed E-state index contributed by atoms with van der Waals surface area (Å²) >= 11 is 11.8. The van der Waals surface area contributed by atoms with E-state index in [1.54, 1.807) is 18.2 Å². The average Bonchev–Trinajstić information content (AvgIpc) is 2.74. The number of aliphatic hydroxyl groups excluding tert-OH is 1. The number of alkyl halides is 1. The van der Waals surface area contributed by atoms with Gasteiger partial charge in [-0.2, -0.15) is 0 Å². The Hall–Kier alpha value is -1.79. The summed E-state index contributed by atoms with van der Waals surface area (Å²) in [7, 11) is 1.53. The Morgan fingerprint density at radius 3 is 2.52 bits per heavy atom. The number of nitrogens with zero attached hydrogens (tertiary/aromatic N) is 2. The molecular weight excluding hydrogens is 346 g/mol. The standard InChI is InChI=1S/C15H15Cl2FN2O3/c1-19(7-9-4-10(16)6-11(17)5-9)14(22)12-8-20(3-2-18)15(23)13(12)21/h4-6,21H,2-3,7-8H2,1H3. The van der Waals surface area contributed by atoms with Crippen LogP contribution in [-0.2, 0) is 16.1 Å². The van der Waals surface area contributed by atoms with Crippen molar-refractivity contribution in [3.63, 3.8) is 0 Å². The van der Waals surface area contributed by atoms with Gasteiger partial charge in [-0.3, -0.25) is 9.59 Å². The minimum atomic E-state index is -0.739. The van der Waals surface area contributed by atoms with Crippen LogP contribution >= 0.6 is 23.2 Å². The lowest BCUT2D eigenvalue weighted by Crippen LogP contribution is -2.32. The van der Waals surface area contributed by atoms with E-state index in [-0.39, 0.29) is 25.2 Å². The van der Waals surface area contributed by atoms with Crippen molar-refractivity contribution in [2.24, 2.45) is 0 Å². The molecule has 0 unspecified atom stereocenters. The first-order valence-electron chi connectivity index (χ1n) is 6.81. The number of aliphatic hydroxyl groups is 1. The number of hydrogen-bond acceptors (Lipinski definition) is 3. The largest absolute Gasteiger partial charge is 0.503 e. The summed E-state index contributed by atoms with van der Waals surface area (Å²) in [5.74, 6) is -1.86. The van der Waals surface area contributed by atoms with Gasteiger partial charge in [-0.15, -0.1) is 0 Å². The van der Waals surface area contributed by atoms with Crippen LogP contribution in [-0.4, -0.2) is 53.5 Å². The van der Waals surface area contributed by atoms with Gasteiger partial charge in [0.2, 0.25) is 0 Å². The molecule has 1 N–H and O–H groups in total. The third-order valence-electron chi connectivity index (χ3n) is 3.43. The van der Waals surface area contributed by atoms with Crippen LogP contribution in [0.25, 0.3) is 0 Å². The summed E-state index contributed by atoms with van der Waals surface area (Å²) < 4.78 is 12.4. The highest BCUT2D eigenvalue weighted by Crippen LogP contribution is 2.22. The van der Waals surface area contributed by atoms with Gasteiger partial charge in [-0.1, -0.05) is 23.2 Å². The van der Waals surface area contributed by atoms with Gasteiger partial charge < -0.3 is 14.9 Å². The number of benzene rings is 1. The highest BCUT2D eigenvalue weighted by atomic mass is 35.5. The lowest BCUT2D eigenvalue weighted by molar-refractivity contribution is -0.128. The van der Waals surface area contributed by atoms with Crippen LogP contribution in [0.1, 0.15) is 5.56 Å². The summed E-state index contributed by atoms with van der Waals surface area (Å²) in [4.78, 5) is 26.5. The van der Waals surface area contributed by atoms with Crippen molar-refractivity contribution in [3.8, 4) is 0 Å². The molecule has 0 bridgehead atoms. The van der Waals surface area contributed by atoms with Crippen LogP contribution < -0.4 is 0 Å². The predicted octanol–water partition coefficient (Wildman–Crippen LogP) is 2.58. The van der Waals surface area contributed by atoms with E-state index in [1.807, 2.05) is 0 Å². The number of rotatable bonds is 5. The van der Waals surface area contributed by atoms with Gasteiger partial charge >= 0.3 is 0 Å².